The van der Waals surface area contributed by atoms with Crippen LogP contribution in [0, 0.1) is 5.82 Å². The van der Waals surface area contributed by atoms with E-state index >= 15 is 0 Å². The van der Waals surface area contributed by atoms with Crippen molar-refractivity contribution in [3.63, 3.8) is 0 Å². The van der Waals surface area contributed by atoms with Crippen LogP contribution in [-0.2, 0) is 12.8 Å². The van der Waals surface area contributed by atoms with Crippen LogP contribution in [0.5, 0.6) is 0 Å². The largest absolute Gasteiger partial charge is 0.321 e. The molecule has 2 aromatic carbocycles. The van der Waals surface area contributed by atoms with Crippen LogP contribution >= 0.6 is 11.5 Å². The first-order chi connectivity index (χ1) is 14.2. The molecule has 29 heavy (non-hydrogen) atoms. The van der Waals surface area contributed by atoms with Crippen molar-refractivity contribution in [3.8, 4) is 16.9 Å². The Kier molecular flexibility index (Phi) is 4.40. The number of fused-ring (bicyclic) bond motifs is 1. The molecule has 1 aliphatic rings. The molecule has 0 bridgehead atoms. The Morgan fingerprint density at radius 1 is 1.10 bits per heavy atom. The quantitative estimate of drug-likeness (QED) is 0.550. The Hall–Kier alpha value is -3.39. The van der Waals surface area contributed by atoms with E-state index in [2.05, 4.69) is 20.0 Å². The van der Waals surface area contributed by atoms with Crippen LogP contribution in [0.3, 0.4) is 0 Å². The minimum Gasteiger partial charge on any atom is -0.321 e. The fourth-order valence-electron chi connectivity index (χ4n) is 3.65. The van der Waals surface area contributed by atoms with E-state index in [4.69, 9.17) is 0 Å². The molecule has 0 aliphatic heterocycles. The van der Waals surface area contributed by atoms with Crippen LogP contribution < -0.4 is 5.32 Å². The smallest absolute Gasteiger partial charge is 0.276 e. The second-order valence-corrected chi connectivity index (χ2v) is 7.42. The third-order valence-electron chi connectivity index (χ3n) is 5.02. The van der Waals surface area contributed by atoms with Crippen molar-refractivity contribution in [2.45, 2.75) is 19.3 Å². The van der Waals surface area contributed by atoms with Crippen LogP contribution in [0.4, 0.5) is 10.1 Å². The Morgan fingerprint density at radius 2 is 1.93 bits per heavy atom. The van der Waals surface area contributed by atoms with Crippen molar-refractivity contribution in [2.24, 2.45) is 0 Å². The molecule has 0 atom stereocenters. The van der Waals surface area contributed by atoms with Gasteiger partial charge in [-0.3, -0.25) is 4.79 Å². The summed E-state index contributed by atoms with van der Waals surface area (Å²) < 4.78 is 19.7. The van der Waals surface area contributed by atoms with Gasteiger partial charge in [0.1, 0.15) is 17.2 Å². The van der Waals surface area contributed by atoms with E-state index in [9.17, 15) is 9.18 Å². The average Bonchev–Trinajstić information content (AvgIpc) is 3.47. The maximum atomic E-state index is 14.3. The Labute approximate surface area is 170 Å². The number of rotatable bonds is 4. The van der Waals surface area contributed by atoms with Crippen molar-refractivity contribution in [3.05, 3.63) is 76.7 Å². The highest BCUT2D eigenvalue weighted by atomic mass is 32.1. The standard InChI is InChI=1S/C21H16FN5OS/c22-16-5-1-2-6-19(16)27-18-7-3-4-15(18)20(25-27)21(28)23-14-10-8-13(9-11-14)17-12-29-26-24-17/h1-2,5-6,8-12H,3-4,7H2,(H,23,28). The predicted molar refractivity (Wildman–Crippen MR) is 109 cm³/mol. The maximum Gasteiger partial charge on any atom is 0.276 e. The molecule has 8 heteroatoms. The molecule has 144 valence electrons. The Morgan fingerprint density at radius 3 is 2.69 bits per heavy atom. The van der Waals surface area contributed by atoms with E-state index in [1.165, 1.54) is 17.6 Å². The van der Waals surface area contributed by atoms with Gasteiger partial charge in [-0.25, -0.2) is 9.07 Å². The van der Waals surface area contributed by atoms with Gasteiger partial charge in [-0.05, 0) is 55.1 Å². The summed E-state index contributed by atoms with van der Waals surface area (Å²) in [6.07, 6.45) is 2.47. The first-order valence-corrected chi connectivity index (χ1v) is 10.1. The molecule has 2 heterocycles. The van der Waals surface area contributed by atoms with Gasteiger partial charge in [0.2, 0.25) is 0 Å². The van der Waals surface area contributed by atoms with Gasteiger partial charge in [0, 0.05) is 27.9 Å². The molecule has 5 rings (SSSR count). The first kappa shape index (κ1) is 17.7. The average molecular weight is 405 g/mol. The highest BCUT2D eigenvalue weighted by molar-refractivity contribution is 7.03. The normalized spacial score (nSPS) is 12.7. The van der Waals surface area contributed by atoms with E-state index < -0.39 is 0 Å². The number of hydrogen-bond acceptors (Lipinski definition) is 5. The summed E-state index contributed by atoms with van der Waals surface area (Å²) in [5.41, 5.74) is 4.92. The topological polar surface area (TPSA) is 72.7 Å². The molecule has 6 nitrogen and oxygen atoms in total. The number of hydrogen-bond donors (Lipinski definition) is 1. The molecule has 0 spiro atoms. The van der Waals surface area contributed by atoms with E-state index in [1.54, 1.807) is 22.9 Å². The van der Waals surface area contributed by atoms with Crippen molar-refractivity contribution < 1.29 is 9.18 Å². The zero-order valence-corrected chi connectivity index (χ0v) is 16.1. The summed E-state index contributed by atoms with van der Waals surface area (Å²) in [5, 5.41) is 13.3. The van der Waals surface area contributed by atoms with Gasteiger partial charge >= 0.3 is 0 Å². The molecule has 1 amide bonds. The molecule has 2 aromatic heterocycles. The van der Waals surface area contributed by atoms with Crippen molar-refractivity contribution in [1.82, 2.24) is 19.4 Å². The molecule has 0 saturated carbocycles. The van der Waals surface area contributed by atoms with E-state index in [-0.39, 0.29) is 11.7 Å². The van der Waals surface area contributed by atoms with Gasteiger partial charge in [-0.1, -0.05) is 28.8 Å². The molecular weight excluding hydrogens is 389 g/mol. The first-order valence-electron chi connectivity index (χ1n) is 9.25. The molecule has 0 unspecified atom stereocenters. The van der Waals surface area contributed by atoms with Crippen LogP contribution in [0.2, 0.25) is 0 Å². The van der Waals surface area contributed by atoms with Crippen LogP contribution in [0.25, 0.3) is 16.9 Å². The lowest BCUT2D eigenvalue weighted by atomic mass is 10.1. The minimum absolute atomic E-state index is 0.290. The number of nitrogens with one attached hydrogen (secondary N) is 1. The fraction of sp³-hybridized carbons (Fsp3) is 0.143. The number of amides is 1. The lowest BCUT2D eigenvalue weighted by Gasteiger charge is -2.07. The van der Waals surface area contributed by atoms with Crippen molar-refractivity contribution in [1.29, 1.82) is 0 Å². The number of anilines is 1. The highest BCUT2D eigenvalue weighted by Gasteiger charge is 2.27. The number of para-hydroxylation sites is 1. The SMILES string of the molecule is O=C(Nc1ccc(-c2csnn2)cc1)c1nn(-c2ccccc2F)c2c1CCC2. The number of nitrogens with zero attached hydrogens (tertiary/aromatic N) is 4. The summed E-state index contributed by atoms with van der Waals surface area (Å²) in [5.74, 6) is -0.648. The zero-order chi connectivity index (χ0) is 19.8. The van der Waals surface area contributed by atoms with Gasteiger partial charge in [0.05, 0.1) is 0 Å². The number of benzene rings is 2. The number of carbonyl (C=O) groups excluding carboxylic acids is 1. The minimum atomic E-state index is -0.358. The van der Waals surface area contributed by atoms with E-state index in [0.29, 0.717) is 17.1 Å². The Bertz CT molecular complexity index is 1180. The molecule has 0 fully saturated rings. The second-order valence-electron chi connectivity index (χ2n) is 6.81. The molecule has 0 saturated heterocycles. The van der Waals surface area contributed by atoms with Gasteiger partial charge in [0.15, 0.2) is 5.69 Å². The summed E-state index contributed by atoms with van der Waals surface area (Å²) >= 11 is 1.29. The zero-order valence-electron chi connectivity index (χ0n) is 15.3. The summed E-state index contributed by atoms with van der Waals surface area (Å²) in [4.78, 5) is 12.9. The molecule has 1 N–H and O–H groups in total. The summed E-state index contributed by atoms with van der Waals surface area (Å²) in [6.45, 7) is 0. The predicted octanol–water partition coefficient (Wildman–Crippen LogP) is 4.27. The van der Waals surface area contributed by atoms with Gasteiger partial charge in [-0.15, -0.1) is 5.10 Å². The second kappa shape index (κ2) is 7.21. The van der Waals surface area contributed by atoms with Gasteiger partial charge in [-0.2, -0.15) is 5.10 Å². The van der Waals surface area contributed by atoms with Gasteiger partial charge < -0.3 is 5.32 Å². The van der Waals surface area contributed by atoms with Crippen LogP contribution in [-0.4, -0.2) is 25.3 Å². The Balaban J connectivity index is 1.43. The number of carbonyl (C=O) groups is 1. The van der Waals surface area contributed by atoms with Crippen LogP contribution in [0.1, 0.15) is 28.2 Å². The van der Waals surface area contributed by atoms with E-state index in [1.807, 2.05) is 29.6 Å². The third kappa shape index (κ3) is 3.21. The molecule has 0 radical (unpaired) electrons. The summed E-state index contributed by atoms with van der Waals surface area (Å²) in [6, 6.07) is 13.9. The third-order valence-corrected chi connectivity index (χ3v) is 5.53. The molecular formula is C21H16FN5OS. The number of halogens is 1. The van der Waals surface area contributed by atoms with Crippen LogP contribution in [0.15, 0.2) is 53.9 Å². The fourth-order valence-corrected chi connectivity index (χ4v) is 4.11. The van der Waals surface area contributed by atoms with E-state index in [0.717, 1.165) is 41.8 Å². The van der Waals surface area contributed by atoms with Crippen molar-refractivity contribution in [2.75, 3.05) is 5.32 Å². The lowest BCUT2D eigenvalue weighted by molar-refractivity contribution is 0.102. The molecule has 4 aromatic rings. The van der Waals surface area contributed by atoms with Gasteiger partial charge in [0.25, 0.3) is 5.91 Å². The van der Waals surface area contributed by atoms with Crippen molar-refractivity contribution >= 4 is 23.1 Å². The number of aromatic nitrogens is 4. The highest BCUT2D eigenvalue weighted by Crippen LogP contribution is 2.29. The lowest BCUT2D eigenvalue weighted by Crippen LogP contribution is -2.15. The molecule has 1 aliphatic carbocycles. The maximum absolute atomic E-state index is 14.3. The summed E-state index contributed by atoms with van der Waals surface area (Å²) in [7, 11) is 0. The monoisotopic (exact) mass is 405 g/mol.